The van der Waals surface area contributed by atoms with E-state index in [4.69, 9.17) is 5.84 Å². The monoisotopic (exact) mass is 313 g/mol. The molecule has 1 aliphatic rings. The summed E-state index contributed by atoms with van der Waals surface area (Å²) in [5.74, 6) is 5.87. The average Bonchev–Trinajstić information content (AvgIpc) is 2.51. The van der Waals surface area contributed by atoms with Gasteiger partial charge in [0, 0.05) is 36.0 Å². The summed E-state index contributed by atoms with van der Waals surface area (Å²) in [7, 11) is 0. The number of hydrogen-bond donors (Lipinski definition) is 1. The van der Waals surface area contributed by atoms with Gasteiger partial charge in [-0.25, -0.2) is 5.01 Å². The Labute approximate surface area is 137 Å². The summed E-state index contributed by atoms with van der Waals surface area (Å²) in [4.78, 5) is 5.09. The normalized spacial score (nSPS) is 16.0. The van der Waals surface area contributed by atoms with E-state index in [1.807, 2.05) is 16.8 Å². The molecule has 2 aromatic rings. The van der Waals surface area contributed by atoms with E-state index in [0.717, 1.165) is 26.2 Å². The molecule has 1 heterocycles. The van der Waals surface area contributed by atoms with E-state index in [9.17, 15) is 0 Å². The zero-order valence-electron chi connectivity index (χ0n) is 13.2. The summed E-state index contributed by atoms with van der Waals surface area (Å²) >= 11 is 1.86. The van der Waals surface area contributed by atoms with Gasteiger partial charge >= 0.3 is 0 Å². The molecule has 0 saturated carbocycles. The number of hydrazine groups is 1. The Balaban J connectivity index is 1.85. The molecule has 116 valence electrons. The van der Waals surface area contributed by atoms with Gasteiger partial charge in [-0.05, 0) is 37.6 Å². The number of anilines is 1. The van der Waals surface area contributed by atoms with Gasteiger partial charge in [-0.3, -0.25) is 5.84 Å². The summed E-state index contributed by atoms with van der Waals surface area (Å²) in [5, 5.41) is 1.90. The van der Waals surface area contributed by atoms with Crippen molar-refractivity contribution in [2.24, 2.45) is 5.84 Å². The summed E-state index contributed by atoms with van der Waals surface area (Å²) in [5.41, 5.74) is 3.97. The van der Waals surface area contributed by atoms with Crippen LogP contribution in [-0.2, 0) is 0 Å². The van der Waals surface area contributed by atoms with Gasteiger partial charge < -0.3 is 4.90 Å². The highest BCUT2D eigenvalue weighted by Gasteiger charge is 2.17. The standard InChI is InChI=1S/C18H23N3S/c1-14-7-8-17(15(2)13-14)22-18-6-4-3-5-16(18)20-9-11-21(19)12-10-20/h3-8,13H,9-12,19H2,1-2H3. The fraction of sp³-hybridized carbons (Fsp3) is 0.333. The van der Waals surface area contributed by atoms with E-state index in [1.165, 1.54) is 26.6 Å². The quantitative estimate of drug-likeness (QED) is 0.880. The smallest absolute Gasteiger partial charge is 0.0508 e. The Morgan fingerprint density at radius 2 is 1.64 bits per heavy atom. The van der Waals surface area contributed by atoms with Gasteiger partial charge in [0.1, 0.15) is 0 Å². The highest BCUT2D eigenvalue weighted by atomic mass is 32.2. The first kappa shape index (κ1) is 15.4. The molecular weight excluding hydrogens is 290 g/mol. The minimum Gasteiger partial charge on any atom is -0.368 e. The van der Waals surface area contributed by atoms with Gasteiger partial charge in [0.2, 0.25) is 0 Å². The summed E-state index contributed by atoms with van der Waals surface area (Å²) in [6.45, 7) is 8.14. The minimum absolute atomic E-state index is 0.919. The number of para-hydroxylation sites is 1. The molecule has 0 aliphatic carbocycles. The van der Waals surface area contributed by atoms with Crippen LogP contribution in [0.25, 0.3) is 0 Å². The van der Waals surface area contributed by atoms with E-state index in [0.29, 0.717) is 0 Å². The van der Waals surface area contributed by atoms with E-state index in [2.05, 4.69) is 61.2 Å². The molecule has 3 rings (SSSR count). The van der Waals surface area contributed by atoms with Crippen molar-refractivity contribution in [1.29, 1.82) is 0 Å². The van der Waals surface area contributed by atoms with Crippen LogP contribution in [0.3, 0.4) is 0 Å². The van der Waals surface area contributed by atoms with Crippen molar-refractivity contribution in [3.63, 3.8) is 0 Å². The molecule has 2 aromatic carbocycles. The lowest BCUT2D eigenvalue weighted by Crippen LogP contribution is -2.49. The molecule has 0 atom stereocenters. The van der Waals surface area contributed by atoms with Crippen LogP contribution in [0.15, 0.2) is 52.3 Å². The van der Waals surface area contributed by atoms with Gasteiger partial charge in [0.15, 0.2) is 0 Å². The van der Waals surface area contributed by atoms with E-state index in [1.54, 1.807) is 0 Å². The van der Waals surface area contributed by atoms with Crippen LogP contribution < -0.4 is 10.7 Å². The first-order valence-electron chi connectivity index (χ1n) is 7.72. The van der Waals surface area contributed by atoms with Crippen molar-refractivity contribution < 1.29 is 0 Å². The zero-order chi connectivity index (χ0) is 15.5. The number of benzene rings is 2. The third-order valence-electron chi connectivity index (χ3n) is 4.07. The van der Waals surface area contributed by atoms with Crippen molar-refractivity contribution in [3.8, 4) is 0 Å². The van der Waals surface area contributed by atoms with Crippen LogP contribution in [-0.4, -0.2) is 31.2 Å². The Morgan fingerprint density at radius 3 is 2.36 bits per heavy atom. The largest absolute Gasteiger partial charge is 0.368 e. The first-order chi connectivity index (χ1) is 10.6. The SMILES string of the molecule is Cc1ccc(Sc2ccccc2N2CCN(N)CC2)c(C)c1. The summed E-state index contributed by atoms with van der Waals surface area (Å²) < 4.78 is 0. The van der Waals surface area contributed by atoms with Crippen LogP contribution >= 0.6 is 11.8 Å². The molecule has 0 radical (unpaired) electrons. The first-order valence-corrected chi connectivity index (χ1v) is 8.54. The van der Waals surface area contributed by atoms with Crippen LogP contribution in [0.5, 0.6) is 0 Å². The molecule has 0 aromatic heterocycles. The molecule has 4 heteroatoms. The highest BCUT2D eigenvalue weighted by Crippen LogP contribution is 2.37. The maximum atomic E-state index is 5.87. The van der Waals surface area contributed by atoms with Gasteiger partial charge in [0.25, 0.3) is 0 Å². The fourth-order valence-electron chi connectivity index (χ4n) is 2.80. The topological polar surface area (TPSA) is 32.5 Å². The van der Waals surface area contributed by atoms with E-state index < -0.39 is 0 Å². The number of hydrogen-bond acceptors (Lipinski definition) is 4. The second-order valence-corrected chi connectivity index (χ2v) is 6.95. The molecule has 0 bridgehead atoms. The number of aryl methyl sites for hydroxylation is 2. The van der Waals surface area contributed by atoms with Crippen LogP contribution in [0.1, 0.15) is 11.1 Å². The Bertz CT molecular complexity index is 649. The Morgan fingerprint density at radius 1 is 0.909 bits per heavy atom. The molecule has 0 unspecified atom stereocenters. The van der Waals surface area contributed by atoms with Crippen molar-refractivity contribution in [3.05, 3.63) is 53.6 Å². The molecule has 0 spiro atoms. The van der Waals surface area contributed by atoms with Crippen LogP contribution in [0.2, 0.25) is 0 Å². The second kappa shape index (κ2) is 6.73. The number of piperazine rings is 1. The fourth-order valence-corrected chi connectivity index (χ4v) is 3.84. The van der Waals surface area contributed by atoms with Crippen molar-refractivity contribution >= 4 is 17.4 Å². The maximum absolute atomic E-state index is 5.87. The van der Waals surface area contributed by atoms with Crippen molar-refractivity contribution in [1.82, 2.24) is 5.01 Å². The molecule has 1 aliphatic heterocycles. The molecule has 1 fully saturated rings. The minimum atomic E-state index is 0.919. The molecule has 1 saturated heterocycles. The lowest BCUT2D eigenvalue weighted by Gasteiger charge is -2.34. The number of rotatable bonds is 3. The third-order valence-corrected chi connectivity index (χ3v) is 5.31. The summed E-state index contributed by atoms with van der Waals surface area (Å²) in [6, 6.07) is 15.3. The van der Waals surface area contributed by atoms with Crippen LogP contribution in [0.4, 0.5) is 5.69 Å². The van der Waals surface area contributed by atoms with Crippen molar-refractivity contribution in [2.75, 3.05) is 31.1 Å². The highest BCUT2D eigenvalue weighted by molar-refractivity contribution is 7.99. The third kappa shape index (κ3) is 3.46. The predicted molar refractivity (Wildman–Crippen MR) is 94.5 cm³/mol. The van der Waals surface area contributed by atoms with Gasteiger partial charge in [0.05, 0.1) is 5.69 Å². The zero-order valence-corrected chi connectivity index (χ0v) is 14.1. The van der Waals surface area contributed by atoms with Crippen molar-refractivity contribution in [2.45, 2.75) is 23.6 Å². The number of nitrogens with zero attached hydrogens (tertiary/aromatic N) is 2. The molecule has 0 amide bonds. The average molecular weight is 313 g/mol. The summed E-state index contributed by atoms with van der Waals surface area (Å²) in [6.07, 6.45) is 0. The molecule has 2 N–H and O–H groups in total. The molecule has 3 nitrogen and oxygen atoms in total. The lowest BCUT2D eigenvalue weighted by atomic mass is 10.2. The Kier molecular flexibility index (Phi) is 4.71. The number of nitrogens with two attached hydrogens (primary N) is 1. The second-order valence-electron chi connectivity index (χ2n) is 5.86. The molecule has 22 heavy (non-hydrogen) atoms. The lowest BCUT2D eigenvalue weighted by molar-refractivity contribution is 0.266. The Hall–Kier alpha value is -1.49. The van der Waals surface area contributed by atoms with E-state index in [-0.39, 0.29) is 0 Å². The predicted octanol–water partition coefficient (Wildman–Crippen LogP) is 3.45. The maximum Gasteiger partial charge on any atom is 0.0508 e. The van der Waals surface area contributed by atoms with Gasteiger partial charge in [-0.1, -0.05) is 41.6 Å². The van der Waals surface area contributed by atoms with Crippen LogP contribution in [0, 0.1) is 13.8 Å². The van der Waals surface area contributed by atoms with E-state index >= 15 is 0 Å². The van der Waals surface area contributed by atoms with Gasteiger partial charge in [-0.15, -0.1) is 0 Å². The van der Waals surface area contributed by atoms with Gasteiger partial charge in [-0.2, -0.15) is 0 Å². The molecular formula is C18H23N3S.